The molecule has 1 saturated heterocycles. The Morgan fingerprint density at radius 1 is 1.08 bits per heavy atom. The molecular formula is C26H25F3N4O3. The van der Waals surface area contributed by atoms with E-state index in [-0.39, 0.29) is 24.1 Å². The first kappa shape index (κ1) is 22.9. The molecule has 1 saturated carbocycles. The molecule has 3 atom stereocenters. The Hall–Kier alpha value is -3.53. The van der Waals surface area contributed by atoms with Crippen LogP contribution in [0.5, 0.6) is 5.75 Å². The molecule has 3 heterocycles. The van der Waals surface area contributed by atoms with Crippen LogP contribution in [0.25, 0.3) is 11.1 Å². The van der Waals surface area contributed by atoms with Crippen LogP contribution < -0.4 is 14.5 Å². The van der Waals surface area contributed by atoms with Gasteiger partial charge in [0.1, 0.15) is 11.9 Å². The van der Waals surface area contributed by atoms with Crippen LogP contribution in [0, 0.1) is 0 Å². The van der Waals surface area contributed by atoms with E-state index in [1.54, 1.807) is 6.20 Å². The van der Waals surface area contributed by atoms with Gasteiger partial charge in [0.25, 0.3) is 0 Å². The van der Waals surface area contributed by atoms with E-state index in [9.17, 15) is 18.0 Å². The van der Waals surface area contributed by atoms with Crippen molar-refractivity contribution in [2.75, 3.05) is 16.3 Å². The molecular weight excluding hydrogens is 473 g/mol. The van der Waals surface area contributed by atoms with Crippen LogP contribution in [0.4, 0.5) is 29.3 Å². The summed E-state index contributed by atoms with van der Waals surface area (Å²) in [5.41, 5.74) is 2.36. The lowest BCUT2D eigenvalue weighted by Crippen LogP contribution is -2.51. The molecule has 1 aliphatic carbocycles. The van der Waals surface area contributed by atoms with Crippen LogP contribution >= 0.6 is 0 Å². The van der Waals surface area contributed by atoms with E-state index < -0.39 is 17.8 Å². The van der Waals surface area contributed by atoms with Crippen molar-refractivity contribution in [2.24, 2.45) is 0 Å². The third-order valence-corrected chi connectivity index (χ3v) is 6.86. The summed E-state index contributed by atoms with van der Waals surface area (Å²) in [6.07, 6.45) is 0.748. The zero-order valence-corrected chi connectivity index (χ0v) is 19.8. The summed E-state index contributed by atoms with van der Waals surface area (Å²) in [5.74, 6) is -0.160. The van der Waals surface area contributed by atoms with E-state index in [0.717, 1.165) is 41.8 Å². The number of carbonyl (C=O) groups excluding carboxylic acids is 1. The number of fused-ring (bicyclic) bond motifs is 1. The van der Waals surface area contributed by atoms with Gasteiger partial charge in [-0.1, -0.05) is 12.1 Å². The number of ether oxygens (including phenoxy) is 2. The molecule has 188 valence electrons. The minimum Gasteiger partial charge on any atom is -0.410 e. The van der Waals surface area contributed by atoms with Crippen LogP contribution in [-0.4, -0.2) is 40.8 Å². The maximum absolute atomic E-state index is 13.3. The van der Waals surface area contributed by atoms with Gasteiger partial charge in [0, 0.05) is 24.3 Å². The van der Waals surface area contributed by atoms with Gasteiger partial charge in [0.05, 0.1) is 29.2 Å². The first-order valence-electron chi connectivity index (χ1n) is 12.0. The summed E-state index contributed by atoms with van der Waals surface area (Å²) < 4.78 is 52.6. The molecule has 2 aliphatic heterocycles. The topological polar surface area (TPSA) is 63.1 Å². The third kappa shape index (κ3) is 4.19. The second-order valence-corrected chi connectivity index (χ2v) is 9.64. The molecule has 1 amide bonds. The lowest BCUT2D eigenvalue weighted by atomic mass is 10.0. The number of aromatic nitrogens is 2. The Balaban J connectivity index is 1.34. The van der Waals surface area contributed by atoms with Crippen LogP contribution in [0.3, 0.4) is 0 Å². The van der Waals surface area contributed by atoms with Crippen LogP contribution in [0.2, 0.25) is 0 Å². The zero-order valence-electron chi connectivity index (χ0n) is 19.8. The van der Waals surface area contributed by atoms with E-state index in [1.165, 1.54) is 17.0 Å². The number of anilines is 2. The SMILES string of the molecule is CC1OC1N1c2ccc(-c3cnn(C4CC4)c3)cc2N(C(=O)Oc2cccc(C(F)(F)F)c2)C[C@@H]1C. The van der Waals surface area contributed by atoms with Crippen LogP contribution in [0.1, 0.15) is 38.3 Å². The number of rotatable bonds is 4. The molecule has 7 nitrogen and oxygen atoms in total. The lowest BCUT2D eigenvalue weighted by Gasteiger charge is -2.41. The fourth-order valence-corrected chi connectivity index (χ4v) is 4.77. The molecule has 0 spiro atoms. The first-order chi connectivity index (χ1) is 17.2. The van der Waals surface area contributed by atoms with Crippen molar-refractivity contribution < 1.29 is 27.4 Å². The number of carbonyl (C=O) groups is 1. The number of nitrogens with zero attached hydrogens (tertiary/aromatic N) is 4. The van der Waals surface area contributed by atoms with Gasteiger partial charge < -0.3 is 14.4 Å². The van der Waals surface area contributed by atoms with Crippen molar-refractivity contribution >= 4 is 17.5 Å². The zero-order chi connectivity index (χ0) is 25.2. The summed E-state index contributed by atoms with van der Waals surface area (Å²) in [6.45, 7) is 4.27. The Labute approximate surface area is 206 Å². The second kappa shape index (κ2) is 8.26. The van der Waals surface area contributed by atoms with Crippen molar-refractivity contribution in [1.29, 1.82) is 0 Å². The van der Waals surface area contributed by atoms with Gasteiger partial charge >= 0.3 is 12.3 Å². The largest absolute Gasteiger partial charge is 0.419 e. The number of amides is 1. The summed E-state index contributed by atoms with van der Waals surface area (Å²) >= 11 is 0. The van der Waals surface area contributed by atoms with Gasteiger partial charge in [0.15, 0.2) is 6.23 Å². The van der Waals surface area contributed by atoms with Gasteiger partial charge in [-0.05, 0) is 62.6 Å². The first-order valence-corrected chi connectivity index (χ1v) is 12.0. The maximum atomic E-state index is 13.3. The highest BCUT2D eigenvalue weighted by atomic mass is 19.4. The number of hydrogen-bond donors (Lipinski definition) is 0. The minimum atomic E-state index is -4.53. The summed E-state index contributed by atoms with van der Waals surface area (Å²) in [6, 6.07) is 10.5. The van der Waals surface area contributed by atoms with Crippen molar-refractivity contribution in [3.63, 3.8) is 0 Å². The van der Waals surface area contributed by atoms with Crippen molar-refractivity contribution in [3.8, 4) is 16.9 Å². The molecule has 0 radical (unpaired) electrons. The molecule has 0 bridgehead atoms. The normalized spacial score (nSPS) is 23.4. The predicted molar refractivity (Wildman–Crippen MR) is 127 cm³/mol. The Morgan fingerprint density at radius 2 is 1.86 bits per heavy atom. The lowest BCUT2D eigenvalue weighted by molar-refractivity contribution is -0.137. The quantitative estimate of drug-likeness (QED) is 0.422. The Bertz CT molecular complexity index is 1320. The fourth-order valence-electron chi connectivity index (χ4n) is 4.77. The summed E-state index contributed by atoms with van der Waals surface area (Å²) in [5, 5.41) is 4.47. The minimum absolute atomic E-state index is 0.0698. The van der Waals surface area contributed by atoms with Crippen molar-refractivity contribution in [2.45, 2.75) is 57.3 Å². The molecule has 1 aromatic heterocycles. The van der Waals surface area contributed by atoms with Crippen molar-refractivity contribution in [1.82, 2.24) is 9.78 Å². The van der Waals surface area contributed by atoms with Gasteiger partial charge in [-0.25, -0.2) is 4.79 Å². The van der Waals surface area contributed by atoms with E-state index in [2.05, 4.69) is 10.00 Å². The highest BCUT2D eigenvalue weighted by Gasteiger charge is 2.46. The van der Waals surface area contributed by atoms with Crippen LogP contribution in [0.15, 0.2) is 54.9 Å². The van der Waals surface area contributed by atoms with Gasteiger partial charge in [-0.15, -0.1) is 0 Å². The monoisotopic (exact) mass is 498 g/mol. The second-order valence-electron chi connectivity index (χ2n) is 9.64. The molecule has 2 unspecified atom stereocenters. The highest BCUT2D eigenvalue weighted by Crippen LogP contribution is 2.44. The van der Waals surface area contributed by atoms with Crippen molar-refractivity contribution in [3.05, 3.63) is 60.4 Å². The molecule has 2 aromatic carbocycles. The highest BCUT2D eigenvalue weighted by molar-refractivity contribution is 5.96. The smallest absolute Gasteiger partial charge is 0.410 e. The number of alkyl halides is 3. The molecule has 3 aliphatic rings. The van der Waals surface area contributed by atoms with E-state index >= 15 is 0 Å². The predicted octanol–water partition coefficient (Wildman–Crippen LogP) is 5.86. The Morgan fingerprint density at radius 3 is 2.56 bits per heavy atom. The van der Waals surface area contributed by atoms with Gasteiger partial charge in [-0.2, -0.15) is 18.3 Å². The standard InChI is InChI=1S/C26H25F3N4O3/c1-15-13-31(25(34)36-21-5-3-4-19(11-21)26(27,28)29)23-10-17(18-12-30-32(14-18)20-7-8-20)6-9-22(23)33(15)24-16(2)35-24/h3-6,9-12,14-16,20,24H,7-8,13H2,1-2H3/t15-,16?,24?/m0/s1. The Kier molecular flexibility index (Phi) is 5.26. The van der Waals surface area contributed by atoms with Gasteiger partial charge in [-0.3, -0.25) is 9.58 Å². The summed E-state index contributed by atoms with van der Waals surface area (Å²) in [7, 11) is 0. The third-order valence-electron chi connectivity index (χ3n) is 6.86. The molecule has 2 fully saturated rings. The molecule has 6 rings (SSSR count). The van der Waals surface area contributed by atoms with Gasteiger partial charge in [0.2, 0.25) is 0 Å². The summed E-state index contributed by atoms with van der Waals surface area (Å²) in [4.78, 5) is 16.9. The fraction of sp³-hybridized carbons (Fsp3) is 0.385. The van der Waals surface area contributed by atoms with E-state index in [4.69, 9.17) is 9.47 Å². The molecule has 10 heteroatoms. The number of halogens is 3. The molecule has 0 N–H and O–H groups in total. The molecule has 36 heavy (non-hydrogen) atoms. The number of epoxide rings is 1. The average molecular weight is 499 g/mol. The number of benzene rings is 2. The molecule has 3 aromatic rings. The van der Waals surface area contributed by atoms with E-state index in [1.807, 2.05) is 42.9 Å². The number of hydrogen-bond acceptors (Lipinski definition) is 5. The maximum Gasteiger partial charge on any atom is 0.419 e. The van der Waals surface area contributed by atoms with E-state index in [0.29, 0.717) is 18.3 Å². The van der Waals surface area contributed by atoms with Crippen LogP contribution in [-0.2, 0) is 10.9 Å². The average Bonchev–Trinajstić information content (AvgIpc) is 3.76.